The summed E-state index contributed by atoms with van der Waals surface area (Å²) in [6, 6.07) is 4.96. The average Bonchev–Trinajstić information content (AvgIpc) is 2.92. The Bertz CT molecular complexity index is 712. The summed E-state index contributed by atoms with van der Waals surface area (Å²) < 4.78 is 27.7. The van der Waals surface area contributed by atoms with E-state index >= 15 is 0 Å². The number of hydrogen-bond donors (Lipinski definition) is 2. The smallest absolute Gasteiger partial charge is 0.241 e. The molecule has 10 heteroatoms. The molecule has 1 heterocycles. The predicted octanol–water partition coefficient (Wildman–Crippen LogP) is -1.19. The van der Waals surface area contributed by atoms with Crippen LogP contribution in [0.4, 0.5) is 0 Å². The Kier molecular flexibility index (Phi) is 3.77. The molecule has 3 N–H and O–H groups in total. The van der Waals surface area contributed by atoms with Crippen LogP contribution >= 0.6 is 0 Å². The number of carbonyl (C=O) groups is 1. The number of sulfonamides is 1. The van der Waals surface area contributed by atoms with Gasteiger partial charge in [0.05, 0.1) is 16.6 Å². The van der Waals surface area contributed by atoms with Crippen molar-refractivity contribution in [2.45, 2.75) is 17.9 Å². The third-order valence-corrected chi connectivity index (χ3v) is 4.04. The van der Waals surface area contributed by atoms with Gasteiger partial charge in [-0.15, -0.1) is 5.10 Å². The molecule has 0 bridgehead atoms. The normalized spacial score (nSPS) is 13.1. The molecule has 0 fully saturated rings. The van der Waals surface area contributed by atoms with E-state index in [2.05, 4.69) is 20.2 Å². The second-order valence-electron chi connectivity index (χ2n) is 4.00. The lowest BCUT2D eigenvalue weighted by atomic mass is 10.3. The summed E-state index contributed by atoms with van der Waals surface area (Å²) in [7, 11) is -3.85. The minimum Gasteiger partial charge on any atom is -0.368 e. The number of carbonyl (C=O) groups excluding carboxylic acids is 1. The zero-order valence-electron chi connectivity index (χ0n) is 10.5. The molecule has 0 aliphatic heterocycles. The number of amides is 1. The van der Waals surface area contributed by atoms with Gasteiger partial charge >= 0.3 is 0 Å². The molecule has 0 saturated heterocycles. The van der Waals surface area contributed by atoms with Crippen molar-refractivity contribution >= 4 is 15.9 Å². The third kappa shape index (κ3) is 2.97. The zero-order chi connectivity index (χ0) is 14.8. The monoisotopic (exact) mass is 296 g/mol. The second-order valence-corrected chi connectivity index (χ2v) is 5.71. The standard InChI is InChI=1S/C10H12N6O3S/c1-7(10(11)17)13-20(18,19)9-4-2-3-8(5-9)16-6-12-14-15-16/h2-7,13H,1H3,(H2,11,17). The van der Waals surface area contributed by atoms with E-state index < -0.39 is 22.0 Å². The van der Waals surface area contributed by atoms with Crippen molar-refractivity contribution < 1.29 is 13.2 Å². The van der Waals surface area contributed by atoms with Gasteiger partial charge in [-0.05, 0) is 35.5 Å². The van der Waals surface area contributed by atoms with Crippen LogP contribution < -0.4 is 10.5 Å². The van der Waals surface area contributed by atoms with Crippen molar-refractivity contribution in [2.24, 2.45) is 5.73 Å². The first-order valence-electron chi connectivity index (χ1n) is 5.55. The number of nitrogens with one attached hydrogen (secondary N) is 1. The predicted molar refractivity (Wildman–Crippen MR) is 68.1 cm³/mol. The molecular formula is C10H12N6O3S. The SMILES string of the molecule is CC(NS(=O)(=O)c1cccc(-n2cnnn2)c1)C(N)=O. The Labute approximate surface area is 114 Å². The molecule has 2 aromatic rings. The zero-order valence-corrected chi connectivity index (χ0v) is 11.3. The molecule has 1 unspecified atom stereocenters. The fourth-order valence-corrected chi connectivity index (χ4v) is 2.68. The van der Waals surface area contributed by atoms with Crippen molar-refractivity contribution in [3.63, 3.8) is 0 Å². The maximum Gasteiger partial charge on any atom is 0.241 e. The minimum absolute atomic E-state index is 0.0152. The summed E-state index contributed by atoms with van der Waals surface area (Å²) in [6.07, 6.45) is 1.34. The van der Waals surface area contributed by atoms with Crippen molar-refractivity contribution in [1.29, 1.82) is 0 Å². The lowest BCUT2D eigenvalue weighted by molar-refractivity contribution is -0.119. The molecule has 1 amide bonds. The summed E-state index contributed by atoms with van der Waals surface area (Å²) in [4.78, 5) is 10.9. The summed E-state index contributed by atoms with van der Waals surface area (Å²) >= 11 is 0. The van der Waals surface area contributed by atoms with Crippen LogP contribution in [0.2, 0.25) is 0 Å². The van der Waals surface area contributed by atoms with Crippen LogP contribution in [0, 0.1) is 0 Å². The Morgan fingerprint density at radius 3 is 2.80 bits per heavy atom. The quantitative estimate of drug-likeness (QED) is 0.713. The molecule has 0 saturated carbocycles. The Hall–Kier alpha value is -2.33. The molecule has 1 aromatic heterocycles. The van der Waals surface area contributed by atoms with Gasteiger partial charge in [0.2, 0.25) is 15.9 Å². The number of aromatic nitrogens is 4. The van der Waals surface area contributed by atoms with Gasteiger partial charge in [-0.25, -0.2) is 13.1 Å². The summed E-state index contributed by atoms with van der Waals surface area (Å²) in [5.74, 6) is -0.759. The van der Waals surface area contributed by atoms with E-state index in [9.17, 15) is 13.2 Å². The number of primary amides is 1. The van der Waals surface area contributed by atoms with E-state index in [-0.39, 0.29) is 4.90 Å². The maximum absolute atomic E-state index is 12.1. The van der Waals surface area contributed by atoms with Crippen molar-refractivity contribution in [3.8, 4) is 5.69 Å². The molecule has 20 heavy (non-hydrogen) atoms. The van der Waals surface area contributed by atoms with Crippen LogP contribution in [0.25, 0.3) is 5.69 Å². The van der Waals surface area contributed by atoms with Gasteiger partial charge in [0.25, 0.3) is 0 Å². The van der Waals surface area contributed by atoms with E-state index in [4.69, 9.17) is 5.73 Å². The number of tetrazole rings is 1. The first-order chi connectivity index (χ1) is 9.40. The number of nitrogens with zero attached hydrogens (tertiary/aromatic N) is 4. The van der Waals surface area contributed by atoms with Crippen molar-refractivity contribution in [3.05, 3.63) is 30.6 Å². The van der Waals surface area contributed by atoms with Crippen LogP contribution in [-0.2, 0) is 14.8 Å². The van der Waals surface area contributed by atoms with Crippen LogP contribution in [0.1, 0.15) is 6.92 Å². The van der Waals surface area contributed by atoms with Gasteiger partial charge in [-0.3, -0.25) is 4.79 Å². The van der Waals surface area contributed by atoms with Gasteiger partial charge < -0.3 is 5.73 Å². The van der Waals surface area contributed by atoms with Gasteiger partial charge in [0, 0.05) is 0 Å². The largest absolute Gasteiger partial charge is 0.368 e. The molecule has 0 radical (unpaired) electrons. The summed E-state index contributed by atoms with van der Waals surface area (Å²) in [6.45, 7) is 1.37. The Morgan fingerprint density at radius 2 is 2.20 bits per heavy atom. The lowest BCUT2D eigenvalue weighted by Gasteiger charge is -2.11. The molecule has 1 aromatic carbocycles. The van der Waals surface area contributed by atoms with Gasteiger partial charge in [0.1, 0.15) is 6.33 Å². The summed E-state index contributed by atoms with van der Waals surface area (Å²) in [5, 5.41) is 10.6. The van der Waals surface area contributed by atoms with Crippen LogP contribution in [0.15, 0.2) is 35.5 Å². The fraction of sp³-hybridized carbons (Fsp3) is 0.200. The highest BCUT2D eigenvalue weighted by Gasteiger charge is 2.20. The lowest BCUT2D eigenvalue weighted by Crippen LogP contribution is -2.42. The molecule has 9 nitrogen and oxygen atoms in total. The molecule has 0 aliphatic rings. The van der Waals surface area contributed by atoms with Crippen molar-refractivity contribution in [2.75, 3.05) is 0 Å². The van der Waals surface area contributed by atoms with E-state index in [0.717, 1.165) is 0 Å². The Morgan fingerprint density at radius 1 is 1.45 bits per heavy atom. The van der Waals surface area contributed by atoms with Gasteiger partial charge in [-0.2, -0.15) is 4.72 Å². The van der Waals surface area contributed by atoms with Gasteiger partial charge in [-0.1, -0.05) is 6.07 Å². The molecule has 1 atom stereocenters. The number of nitrogens with two attached hydrogens (primary N) is 1. The highest BCUT2D eigenvalue weighted by Crippen LogP contribution is 2.14. The first kappa shape index (κ1) is 14.1. The fourth-order valence-electron chi connectivity index (χ4n) is 1.43. The van der Waals surface area contributed by atoms with E-state index in [1.54, 1.807) is 12.1 Å². The molecule has 2 rings (SSSR count). The highest BCUT2D eigenvalue weighted by atomic mass is 32.2. The van der Waals surface area contributed by atoms with E-state index in [1.165, 1.54) is 30.1 Å². The minimum atomic E-state index is -3.85. The third-order valence-electron chi connectivity index (χ3n) is 2.50. The summed E-state index contributed by atoms with van der Waals surface area (Å²) in [5.41, 5.74) is 5.51. The van der Waals surface area contributed by atoms with Crippen LogP contribution in [0.5, 0.6) is 0 Å². The molecule has 0 spiro atoms. The Balaban J connectivity index is 2.33. The van der Waals surface area contributed by atoms with Gasteiger partial charge in [0.15, 0.2) is 0 Å². The topological polar surface area (TPSA) is 133 Å². The molecular weight excluding hydrogens is 284 g/mol. The van der Waals surface area contributed by atoms with Crippen LogP contribution in [-0.4, -0.2) is 40.6 Å². The molecule has 106 valence electrons. The average molecular weight is 296 g/mol. The molecule has 0 aliphatic carbocycles. The van der Waals surface area contributed by atoms with Crippen molar-refractivity contribution in [1.82, 2.24) is 24.9 Å². The second kappa shape index (κ2) is 5.35. The number of benzene rings is 1. The van der Waals surface area contributed by atoms with E-state index in [1.807, 2.05) is 0 Å². The first-order valence-corrected chi connectivity index (χ1v) is 7.03. The number of hydrogen-bond acceptors (Lipinski definition) is 6. The van der Waals surface area contributed by atoms with E-state index in [0.29, 0.717) is 5.69 Å². The number of rotatable bonds is 5. The maximum atomic E-state index is 12.1. The van der Waals surface area contributed by atoms with Crippen LogP contribution in [0.3, 0.4) is 0 Å². The highest BCUT2D eigenvalue weighted by molar-refractivity contribution is 7.89.